The molecular formula is C17H27NO2. The van der Waals surface area contributed by atoms with Crippen LogP contribution in [-0.2, 0) is 0 Å². The lowest BCUT2D eigenvalue weighted by atomic mass is 10.0. The predicted molar refractivity (Wildman–Crippen MR) is 82.0 cm³/mol. The molecule has 0 radical (unpaired) electrons. The van der Waals surface area contributed by atoms with Gasteiger partial charge in [0.2, 0.25) is 0 Å². The molecule has 2 rings (SSSR count). The minimum absolute atomic E-state index is 0.323. The van der Waals surface area contributed by atoms with Gasteiger partial charge in [0.05, 0.1) is 7.11 Å². The Morgan fingerprint density at radius 1 is 1.15 bits per heavy atom. The van der Waals surface area contributed by atoms with Crippen molar-refractivity contribution in [3.05, 3.63) is 29.8 Å². The number of rotatable bonds is 10. The van der Waals surface area contributed by atoms with Gasteiger partial charge in [0.15, 0.2) is 0 Å². The number of nitrogens with one attached hydrogen (secondary N) is 1. The fourth-order valence-corrected chi connectivity index (χ4v) is 2.65. The van der Waals surface area contributed by atoms with Crippen molar-refractivity contribution in [3.8, 4) is 5.75 Å². The highest BCUT2D eigenvalue weighted by Gasteiger charge is 2.31. The molecule has 1 aromatic rings. The predicted octanol–water partition coefficient (Wildman–Crippen LogP) is 3.29. The largest absolute Gasteiger partial charge is 0.497 e. The van der Waals surface area contributed by atoms with Crippen molar-refractivity contribution in [2.45, 2.75) is 44.6 Å². The standard InChI is InChI=1S/C17H27NO2/c1-20-16-10-8-15(9-11-16)17(14-6-7-14)18-12-4-2-3-5-13-19/h8-11,14,17-19H,2-7,12-13H2,1H3. The number of aliphatic hydroxyl groups excluding tert-OH is 1. The Labute approximate surface area is 122 Å². The summed E-state index contributed by atoms with van der Waals surface area (Å²) in [6.45, 7) is 1.39. The number of methoxy groups -OCH3 is 1. The molecule has 0 amide bonds. The van der Waals surface area contributed by atoms with Crippen LogP contribution < -0.4 is 10.1 Å². The van der Waals surface area contributed by atoms with Gasteiger partial charge in [-0.15, -0.1) is 0 Å². The molecule has 3 nitrogen and oxygen atoms in total. The van der Waals surface area contributed by atoms with Crippen molar-refractivity contribution in [2.24, 2.45) is 5.92 Å². The molecule has 3 heteroatoms. The lowest BCUT2D eigenvalue weighted by Gasteiger charge is -2.19. The van der Waals surface area contributed by atoms with E-state index in [2.05, 4.69) is 17.4 Å². The third kappa shape index (κ3) is 4.80. The van der Waals surface area contributed by atoms with Crippen molar-refractivity contribution < 1.29 is 9.84 Å². The topological polar surface area (TPSA) is 41.5 Å². The molecule has 0 bridgehead atoms. The second kappa shape index (κ2) is 8.28. The van der Waals surface area contributed by atoms with E-state index in [0.29, 0.717) is 12.6 Å². The molecule has 1 unspecified atom stereocenters. The Bertz CT molecular complexity index is 373. The van der Waals surface area contributed by atoms with Crippen LogP contribution in [0.4, 0.5) is 0 Å². The SMILES string of the molecule is COc1ccc(C(NCCCCCCO)C2CC2)cc1. The zero-order valence-electron chi connectivity index (χ0n) is 12.5. The van der Waals surface area contributed by atoms with Crippen molar-refractivity contribution in [1.29, 1.82) is 0 Å². The summed E-state index contributed by atoms with van der Waals surface area (Å²) < 4.78 is 5.22. The molecule has 0 saturated heterocycles. The second-order valence-electron chi connectivity index (χ2n) is 5.68. The fourth-order valence-electron chi connectivity index (χ4n) is 2.65. The van der Waals surface area contributed by atoms with Crippen molar-refractivity contribution in [2.75, 3.05) is 20.3 Å². The van der Waals surface area contributed by atoms with Gasteiger partial charge in [-0.1, -0.05) is 25.0 Å². The number of unbranched alkanes of at least 4 members (excludes halogenated alkanes) is 3. The van der Waals surface area contributed by atoms with Gasteiger partial charge in [-0.05, 0) is 55.8 Å². The second-order valence-corrected chi connectivity index (χ2v) is 5.68. The van der Waals surface area contributed by atoms with Crippen LogP contribution in [0.15, 0.2) is 24.3 Å². The van der Waals surface area contributed by atoms with E-state index in [1.165, 1.54) is 31.2 Å². The van der Waals surface area contributed by atoms with Crippen LogP contribution in [0.3, 0.4) is 0 Å². The fraction of sp³-hybridized carbons (Fsp3) is 0.647. The summed E-state index contributed by atoms with van der Waals surface area (Å²) in [5.41, 5.74) is 1.38. The van der Waals surface area contributed by atoms with E-state index in [0.717, 1.165) is 31.1 Å². The summed E-state index contributed by atoms with van der Waals surface area (Å²) in [5.74, 6) is 1.73. The van der Waals surface area contributed by atoms with Gasteiger partial charge in [-0.2, -0.15) is 0 Å². The van der Waals surface area contributed by atoms with E-state index in [9.17, 15) is 0 Å². The molecule has 20 heavy (non-hydrogen) atoms. The zero-order valence-corrected chi connectivity index (χ0v) is 12.5. The molecule has 1 fully saturated rings. The van der Waals surface area contributed by atoms with Crippen molar-refractivity contribution >= 4 is 0 Å². The van der Waals surface area contributed by atoms with Gasteiger partial charge in [0.1, 0.15) is 5.75 Å². The van der Waals surface area contributed by atoms with E-state index in [4.69, 9.17) is 9.84 Å². The summed E-state index contributed by atoms with van der Waals surface area (Å²) in [6.07, 6.45) is 7.15. The Morgan fingerprint density at radius 2 is 1.85 bits per heavy atom. The van der Waals surface area contributed by atoms with Crippen LogP contribution in [0.2, 0.25) is 0 Å². The molecule has 2 N–H and O–H groups in total. The first-order valence-corrected chi connectivity index (χ1v) is 7.83. The molecule has 1 aliphatic rings. The molecule has 0 heterocycles. The highest BCUT2D eigenvalue weighted by molar-refractivity contribution is 5.30. The maximum atomic E-state index is 8.76. The first kappa shape index (κ1) is 15.3. The molecule has 0 spiro atoms. The zero-order chi connectivity index (χ0) is 14.2. The molecule has 1 saturated carbocycles. The molecule has 1 atom stereocenters. The van der Waals surface area contributed by atoms with Gasteiger partial charge in [0, 0.05) is 12.6 Å². The van der Waals surface area contributed by atoms with Gasteiger partial charge in [0.25, 0.3) is 0 Å². The van der Waals surface area contributed by atoms with Crippen LogP contribution in [0.1, 0.15) is 50.1 Å². The van der Waals surface area contributed by atoms with Crippen molar-refractivity contribution in [3.63, 3.8) is 0 Å². The van der Waals surface area contributed by atoms with Gasteiger partial charge in [-0.3, -0.25) is 0 Å². The summed E-state index contributed by atoms with van der Waals surface area (Å²) in [7, 11) is 1.71. The summed E-state index contributed by atoms with van der Waals surface area (Å²) >= 11 is 0. The maximum Gasteiger partial charge on any atom is 0.118 e. The highest BCUT2D eigenvalue weighted by atomic mass is 16.5. The van der Waals surface area contributed by atoms with Crippen LogP contribution in [0.5, 0.6) is 5.75 Å². The number of ether oxygens (including phenoxy) is 1. The normalized spacial score (nSPS) is 16.1. The highest BCUT2D eigenvalue weighted by Crippen LogP contribution is 2.41. The lowest BCUT2D eigenvalue weighted by molar-refractivity contribution is 0.282. The van der Waals surface area contributed by atoms with E-state index in [1.54, 1.807) is 7.11 Å². The summed E-state index contributed by atoms with van der Waals surface area (Å²) in [5, 5.41) is 12.5. The molecule has 0 aliphatic heterocycles. The summed E-state index contributed by atoms with van der Waals surface area (Å²) in [6, 6.07) is 8.96. The van der Waals surface area contributed by atoms with E-state index in [-0.39, 0.29) is 0 Å². The molecule has 1 aliphatic carbocycles. The number of hydrogen-bond donors (Lipinski definition) is 2. The van der Waals surface area contributed by atoms with E-state index in [1.807, 2.05) is 12.1 Å². The molecule has 112 valence electrons. The number of benzene rings is 1. The smallest absolute Gasteiger partial charge is 0.118 e. The third-order valence-electron chi connectivity index (χ3n) is 4.02. The average molecular weight is 277 g/mol. The number of hydrogen-bond acceptors (Lipinski definition) is 3. The quantitative estimate of drug-likeness (QED) is 0.645. The van der Waals surface area contributed by atoms with Crippen LogP contribution in [-0.4, -0.2) is 25.4 Å². The Balaban J connectivity index is 1.78. The van der Waals surface area contributed by atoms with Gasteiger partial charge < -0.3 is 15.2 Å². The molecule has 0 aromatic heterocycles. The lowest BCUT2D eigenvalue weighted by Crippen LogP contribution is -2.24. The van der Waals surface area contributed by atoms with E-state index >= 15 is 0 Å². The number of aliphatic hydroxyl groups is 1. The Morgan fingerprint density at radius 3 is 2.45 bits per heavy atom. The first-order valence-electron chi connectivity index (χ1n) is 7.83. The Hall–Kier alpha value is -1.06. The third-order valence-corrected chi connectivity index (χ3v) is 4.02. The monoisotopic (exact) mass is 277 g/mol. The van der Waals surface area contributed by atoms with Crippen LogP contribution in [0.25, 0.3) is 0 Å². The van der Waals surface area contributed by atoms with Gasteiger partial charge in [-0.25, -0.2) is 0 Å². The summed E-state index contributed by atoms with van der Waals surface area (Å²) in [4.78, 5) is 0. The minimum atomic E-state index is 0.323. The molecule has 1 aromatic carbocycles. The van der Waals surface area contributed by atoms with Crippen LogP contribution in [0, 0.1) is 5.92 Å². The molecular weight excluding hydrogens is 250 g/mol. The van der Waals surface area contributed by atoms with Gasteiger partial charge >= 0.3 is 0 Å². The maximum absolute atomic E-state index is 8.76. The average Bonchev–Trinajstić information content (AvgIpc) is 3.31. The Kier molecular flexibility index (Phi) is 6.34. The first-order chi connectivity index (χ1) is 9.85. The van der Waals surface area contributed by atoms with Crippen LogP contribution >= 0.6 is 0 Å². The minimum Gasteiger partial charge on any atom is -0.497 e. The van der Waals surface area contributed by atoms with Crippen molar-refractivity contribution in [1.82, 2.24) is 5.32 Å². The van der Waals surface area contributed by atoms with E-state index < -0.39 is 0 Å².